The Kier molecular flexibility index (Phi) is 3.70. The largest absolute Gasteiger partial charge is 0.292 e. The normalized spacial score (nSPS) is 10.4. The molecule has 0 aliphatic rings. The van der Waals surface area contributed by atoms with Gasteiger partial charge in [-0.1, -0.05) is 30.3 Å². The van der Waals surface area contributed by atoms with E-state index in [2.05, 4.69) is 5.10 Å². The molecule has 0 saturated carbocycles. The van der Waals surface area contributed by atoms with Crippen LogP contribution in [0.2, 0.25) is 0 Å². The van der Waals surface area contributed by atoms with Crippen molar-refractivity contribution in [2.45, 2.75) is 26.3 Å². The third kappa shape index (κ3) is 2.81. The Labute approximate surface area is 101 Å². The lowest BCUT2D eigenvalue weighted by Crippen LogP contribution is -2.10. The van der Waals surface area contributed by atoms with Gasteiger partial charge < -0.3 is 0 Å². The van der Waals surface area contributed by atoms with Crippen molar-refractivity contribution in [3.8, 4) is 0 Å². The van der Waals surface area contributed by atoms with Gasteiger partial charge in [0.2, 0.25) is 0 Å². The predicted molar refractivity (Wildman–Crippen MR) is 67.0 cm³/mol. The fourth-order valence-corrected chi connectivity index (χ4v) is 1.85. The van der Waals surface area contributed by atoms with Gasteiger partial charge in [-0.25, -0.2) is 0 Å². The van der Waals surface area contributed by atoms with Crippen LogP contribution >= 0.6 is 0 Å². The maximum atomic E-state index is 12.0. The second-order valence-corrected chi connectivity index (χ2v) is 3.94. The van der Waals surface area contributed by atoms with Crippen molar-refractivity contribution < 1.29 is 4.79 Å². The number of ketones is 1. The number of hydrogen-bond donors (Lipinski definition) is 0. The summed E-state index contributed by atoms with van der Waals surface area (Å²) in [4.78, 5) is 12.0. The van der Waals surface area contributed by atoms with Gasteiger partial charge in [-0.2, -0.15) is 5.10 Å². The van der Waals surface area contributed by atoms with Crippen molar-refractivity contribution in [1.29, 1.82) is 0 Å². The van der Waals surface area contributed by atoms with Crippen molar-refractivity contribution >= 4 is 5.78 Å². The summed E-state index contributed by atoms with van der Waals surface area (Å²) >= 11 is 0. The molecule has 0 radical (unpaired) electrons. The van der Waals surface area contributed by atoms with E-state index in [1.807, 2.05) is 37.3 Å². The smallest absolute Gasteiger partial charge is 0.181 e. The average Bonchev–Trinajstić information content (AvgIpc) is 2.85. The number of Topliss-reactive ketones (excluding diaryl/α,β-unsaturated/α-hetero) is 1. The van der Waals surface area contributed by atoms with E-state index in [0.29, 0.717) is 12.1 Å². The third-order valence-corrected chi connectivity index (χ3v) is 2.79. The highest BCUT2D eigenvalue weighted by atomic mass is 16.1. The van der Waals surface area contributed by atoms with Crippen molar-refractivity contribution in [3.05, 3.63) is 53.9 Å². The molecule has 1 aromatic heterocycles. The molecule has 0 aliphatic carbocycles. The summed E-state index contributed by atoms with van der Waals surface area (Å²) in [6.07, 6.45) is 3.00. The van der Waals surface area contributed by atoms with Crippen LogP contribution in [0.25, 0.3) is 0 Å². The highest BCUT2D eigenvalue weighted by Crippen LogP contribution is 2.08. The number of aromatic nitrogens is 2. The maximum absolute atomic E-state index is 12.0. The van der Waals surface area contributed by atoms with Crippen LogP contribution in [0.5, 0.6) is 0 Å². The summed E-state index contributed by atoms with van der Waals surface area (Å²) in [5.41, 5.74) is 1.91. The van der Waals surface area contributed by atoms with Crippen LogP contribution in [0, 0.1) is 0 Å². The van der Waals surface area contributed by atoms with Gasteiger partial charge in [0.25, 0.3) is 0 Å². The standard InChI is InChI=1S/C14H16N2O/c1-2-16-13(10-11-15-16)14(17)9-8-12-6-4-3-5-7-12/h3-7,10-11H,2,8-9H2,1H3. The van der Waals surface area contributed by atoms with Gasteiger partial charge >= 0.3 is 0 Å². The molecule has 0 atom stereocenters. The van der Waals surface area contributed by atoms with Crippen molar-refractivity contribution in [3.63, 3.8) is 0 Å². The minimum Gasteiger partial charge on any atom is -0.292 e. The first-order valence-electron chi connectivity index (χ1n) is 5.90. The molecule has 0 fully saturated rings. The van der Waals surface area contributed by atoms with Gasteiger partial charge in [0.1, 0.15) is 5.69 Å². The first-order chi connectivity index (χ1) is 8.31. The highest BCUT2D eigenvalue weighted by molar-refractivity contribution is 5.94. The molecule has 1 heterocycles. The second-order valence-electron chi connectivity index (χ2n) is 3.94. The van der Waals surface area contributed by atoms with Gasteiger partial charge in [-0.15, -0.1) is 0 Å². The number of nitrogens with zero attached hydrogens (tertiary/aromatic N) is 2. The summed E-state index contributed by atoms with van der Waals surface area (Å²) in [7, 11) is 0. The molecular formula is C14H16N2O. The van der Waals surface area contributed by atoms with Crippen molar-refractivity contribution in [2.24, 2.45) is 0 Å². The molecule has 0 spiro atoms. The lowest BCUT2D eigenvalue weighted by molar-refractivity contribution is 0.0972. The molecule has 0 bridgehead atoms. The topological polar surface area (TPSA) is 34.9 Å². The fourth-order valence-electron chi connectivity index (χ4n) is 1.85. The molecule has 0 unspecified atom stereocenters. The Morgan fingerprint density at radius 1 is 1.24 bits per heavy atom. The maximum Gasteiger partial charge on any atom is 0.181 e. The Morgan fingerprint density at radius 2 is 2.00 bits per heavy atom. The Morgan fingerprint density at radius 3 is 2.71 bits per heavy atom. The number of benzene rings is 1. The lowest BCUT2D eigenvalue weighted by Gasteiger charge is -2.04. The summed E-state index contributed by atoms with van der Waals surface area (Å²) < 4.78 is 1.74. The Hall–Kier alpha value is -1.90. The van der Waals surface area contributed by atoms with E-state index in [1.165, 1.54) is 5.56 Å². The summed E-state index contributed by atoms with van der Waals surface area (Å²) in [6, 6.07) is 11.9. The predicted octanol–water partition coefficient (Wildman–Crippen LogP) is 2.72. The van der Waals surface area contributed by atoms with Crippen LogP contribution in [0.3, 0.4) is 0 Å². The van der Waals surface area contributed by atoms with Crippen LogP contribution in [-0.4, -0.2) is 15.6 Å². The summed E-state index contributed by atoms with van der Waals surface area (Å²) in [5.74, 6) is 0.160. The highest BCUT2D eigenvalue weighted by Gasteiger charge is 2.10. The second kappa shape index (κ2) is 5.43. The van der Waals surface area contributed by atoms with Crippen molar-refractivity contribution in [2.75, 3.05) is 0 Å². The number of carbonyl (C=O) groups excluding carboxylic acids is 1. The van der Waals surface area contributed by atoms with Crippen molar-refractivity contribution in [1.82, 2.24) is 9.78 Å². The first-order valence-corrected chi connectivity index (χ1v) is 5.90. The number of hydrogen-bond acceptors (Lipinski definition) is 2. The molecule has 0 N–H and O–H groups in total. The van der Waals surface area contributed by atoms with Gasteiger partial charge in [0.05, 0.1) is 0 Å². The SMILES string of the molecule is CCn1nccc1C(=O)CCc1ccccc1. The van der Waals surface area contributed by atoms with Crippen LogP contribution < -0.4 is 0 Å². The van der Waals surface area contributed by atoms with E-state index in [-0.39, 0.29) is 5.78 Å². The van der Waals surface area contributed by atoms with Gasteiger partial charge in [0.15, 0.2) is 5.78 Å². The zero-order valence-electron chi connectivity index (χ0n) is 9.97. The van der Waals surface area contributed by atoms with Gasteiger partial charge in [-0.3, -0.25) is 9.48 Å². The molecular weight excluding hydrogens is 212 g/mol. The molecule has 2 aromatic rings. The molecule has 88 valence electrons. The van der Waals surface area contributed by atoms with Crippen LogP contribution in [0.1, 0.15) is 29.4 Å². The Bertz CT molecular complexity index is 488. The van der Waals surface area contributed by atoms with Crippen LogP contribution in [0.4, 0.5) is 0 Å². The number of rotatable bonds is 5. The molecule has 1 aromatic carbocycles. The van der Waals surface area contributed by atoms with E-state index in [9.17, 15) is 4.79 Å². The number of carbonyl (C=O) groups is 1. The monoisotopic (exact) mass is 228 g/mol. The average molecular weight is 228 g/mol. The molecule has 3 heteroatoms. The molecule has 3 nitrogen and oxygen atoms in total. The van der Waals surface area contributed by atoms with E-state index in [0.717, 1.165) is 13.0 Å². The third-order valence-electron chi connectivity index (χ3n) is 2.79. The van der Waals surface area contributed by atoms with Crippen LogP contribution in [0.15, 0.2) is 42.6 Å². The Balaban J connectivity index is 1.98. The van der Waals surface area contributed by atoms with E-state index < -0.39 is 0 Å². The minimum atomic E-state index is 0.160. The number of aryl methyl sites for hydroxylation is 2. The van der Waals surface area contributed by atoms with E-state index in [4.69, 9.17) is 0 Å². The molecule has 0 amide bonds. The quantitative estimate of drug-likeness (QED) is 0.737. The van der Waals surface area contributed by atoms with Gasteiger partial charge in [-0.05, 0) is 25.0 Å². The molecule has 0 aliphatic heterocycles. The minimum absolute atomic E-state index is 0.160. The van der Waals surface area contributed by atoms with Crippen LogP contribution in [-0.2, 0) is 13.0 Å². The molecule has 0 saturated heterocycles. The first kappa shape index (κ1) is 11.6. The van der Waals surface area contributed by atoms with E-state index >= 15 is 0 Å². The summed E-state index contributed by atoms with van der Waals surface area (Å²) in [5, 5.41) is 4.11. The van der Waals surface area contributed by atoms with Gasteiger partial charge in [0, 0.05) is 19.2 Å². The summed E-state index contributed by atoms with van der Waals surface area (Å²) in [6.45, 7) is 2.72. The fraction of sp³-hybridized carbons (Fsp3) is 0.286. The van der Waals surface area contributed by atoms with E-state index in [1.54, 1.807) is 16.9 Å². The molecule has 17 heavy (non-hydrogen) atoms. The molecule has 2 rings (SSSR count). The zero-order valence-corrected chi connectivity index (χ0v) is 9.97. The zero-order chi connectivity index (χ0) is 12.1. The lowest BCUT2D eigenvalue weighted by atomic mass is 10.1.